The lowest BCUT2D eigenvalue weighted by atomic mass is 10.1. The van der Waals surface area contributed by atoms with Crippen LogP contribution in [-0.2, 0) is 9.49 Å². The van der Waals surface area contributed by atoms with Crippen molar-refractivity contribution in [3.05, 3.63) is 45.6 Å². The van der Waals surface area contributed by atoms with Gasteiger partial charge in [0.25, 0.3) is 0 Å². The minimum absolute atomic E-state index is 0.139. The summed E-state index contributed by atoms with van der Waals surface area (Å²) in [6.07, 6.45) is 2.39. The molecule has 0 saturated heterocycles. The Morgan fingerprint density at radius 1 is 1.57 bits per heavy atom. The topological polar surface area (TPSA) is 54.4 Å². The molecular formula is C10H9IO3. The highest BCUT2D eigenvalue weighted by Crippen LogP contribution is 2.18. The third kappa shape index (κ3) is 2.47. The van der Waals surface area contributed by atoms with E-state index in [9.17, 15) is 7.86 Å². The van der Waals surface area contributed by atoms with Crippen LogP contribution >= 0.6 is 21.2 Å². The molecule has 0 aromatic heterocycles. The van der Waals surface area contributed by atoms with E-state index in [1.54, 1.807) is 18.2 Å². The summed E-state index contributed by atoms with van der Waals surface area (Å²) < 4.78 is 11.3. The zero-order valence-electron chi connectivity index (χ0n) is 7.37. The van der Waals surface area contributed by atoms with Crippen molar-refractivity contribution in [2.75, 3.05) is 0 Å². The summed E-state index contributed by atoms with van der Waals surface area (Å²) in [5.74, 6) is -1.03. The van der Waals surface area contributed by atoms with Crippen LogP contribution in [0.1, 0.15) is 15.9 Å². The minimum atomic E-state index is -1.44. The number of aromatic carboxylic acids is 1. The molecule has 0 fully saturated rings. The Labute approximate surface area is 92.1 Å². The standard InChI is InChI=1S/C10H9IO3/c1-2-3-7-4-5-8(10(12)13)9(6-7)11-14/h2,4-6H,1,3H2,(H,12,13). The van der Waals surface area contributed by atoms with E-state index in [-0.39, 0.29) is 5.56 Å². The van der Waals surface area contributed by atoms with Crippen LogP contribution in [0.5, 0.6) is 0 Å². The van der Waals surface area contributed by atoms with Gasteiger partial charge in [0.15, 0.2) is 21.2 Å². The Morgan fingerprint density at radius 3 is 2.79 bits per heavy atom. The first-order chi connectivity index (χ1) is 6.69. The molecule has 0 aliphatic heterocycles. The molecule has 0 amide bonds. The number of allylic oxidation sites excluding steroid dienone is 1. The number of benzene rings is 1. The van der Waals surface area contributed by atoms with E-state index in [4.69, 9.17) is 5.11 Å². The fraction of sp³-hybridized carbons (Fsp3) is 0.100. The number of halogens is 1. The van der Waals surface area contributed by atoms with Gasteiger partial charge < -0.3 is 5.11 Å². The van der Waals surface area contributed by atoms with Gasteiger partial charge in [-0.1, -0.05) is 12.1 Å². The van der Waals surface area contributed by atoms with Gasteiger partial charge in [0.1, 0.15) is 0 Å². The molecule has 0 atom stereocenters. The van der Waals surface area contributed by atoms with Gasteiger partial charge in [0.05, 0.1) is 9.13 Å². The Morgan fingerprint density at radius 2 is 2.29 bits per heavy atom. The maximum Gasteiger partial charge on any atom is 0.336 e. The van der Waals surface area contributed by atoms with Crippen LogP contribution in [0.3, 0.4) is 0 Å². The molecule has 0 radical (unpaired) electrons. The summed E-state index contributed by atoms with van der Waals surface area (Å²) >= 11 is -1.44. The number of carboxylic acids is 1. The van der Waals surface area contributed by atoms with Gasteiger partial charge in [0, 0.05) is 0 Å². The first-order valence-electron chi connectivity index (χ1n) is 3.93. The third-order valence-electron chi connectivity index (χ3n) is 1.73. The molecule has 0 heterocycles. The van der Waals surface area contributed by atoms with E-state index in [1.165, 1.54) is 6.07 Å². The Bertz CT molecular complexity index is 385. The average Bonchev–Trinajstić information content (AvgIpc) is 2.17. The fourth-order valence-electron chi connectivity index (χ4n) is 1.09. The summed E-state index contributed by atoms with van der Waals surface area (Å²) in [6, 6.07) is 4.88. The van der Waals surface area contributed by atoms with Gasteiger partial charge in [-0.15, -0.1) is 6.58 Å². The van der Waals surface area contributed by atoms with E-state index in [0.717, 1.165) is 5.56 Å². The number of hydrogen-bond donors (Lipinski definition) is 1. The highest BCUT2D eigenvalue weighted by atomic mass is 127. The van der Waals surface area contributed by atoms with Gasteiger partial charge in [-0.3, -0.25) is 3.07 Å². The van der Waals surface area contributed by atoms with E-state index in [2.05, 4.69) is 6.58 Å². The first kappa shape index (κ1) is 11.0. The molecule has 0 bridgehead atoms. The van der Waals surface area contributed by atoms with E-state index < -0.39 is 27.2 Å². The van der Waals surface area contributed by atoms with Gasteiger partial charge in [-0.2, -0.15) is 0 Å². The molecule has 74 valence electrons. The molecule has 0 aliphatic carbocycles. The summed E-state index contributed by atoms with van der Waals surface area (Å²) in [5.41, 5.74) is 1.08. The Balaban J connectivity index is 3.17. The SMILES string of the molecule is C=CCc1ccc(C(=O)O)c(I=O)c1. The maximum atomic E-state index is 10.8. The zero-order valence-corrected chi connectivity index (χ0v) is 9.52. The Kier molecular flexibility index (Phi) is 3.94. The lowest BCUT2D eigenvalue weighted by Gasteiger charge is -2.01. The molecule has 1 rings (SSSR count). The molecule has 0 spiro atoms. The van der Waals surface area contributed by atoms with Gasteiger partial charge in [0.2, 0.25) is 0 Å². The van der Waals surface area contributed by atoms with Crippen molar-refractivity contribution in [2.45, 2.75) is 6.42 Å². The highest BCUT2D eigenvalue weighted by Gasteiger charge is 2.10. The lowest BCUT2D eigenvalue weighted by Crippen LogP contribution is -2.00. The number of carbonyl (C=O) groups is 1. The van der Waals surface area contributed by atoms with Crippen molar-refractivity contribution < 1.29 is 13.0 Å². The molecule has 1 N–H and O–H groups in total. The highest BCUT2D eigenvalue weighted by molar-refractivity contribution is 14.1. The third-order valence-corrected chi connectivity index (χ3v) is 3.09. The summed E-state index contributed by atoms with van der Waals surface area (Å²) in [5, 5.41) is 8.78. The molecule has 0 saturated carbocycles. The van der Waals surface area contributed by atoms with E-state index >= 15 is 0 Å². The minimum Gasteiger partial charge on any atom is -0.478 e. The summed E-state index contributed by atoms with van der Waals surface area (Å²) in [6.45, 7) is 3.58. The van der Waals surface area contributed by atoms with Gasteiger partial charge >= 0.3 is 5.97 Å². The predicted octanol–water partition coefficient (Wildman–Crippen LogP) is 2.60. The summed E-state index contributed by atoms with van der Waals surface area (Å²) in [4.78, 5) is 10.7. The van der Waals surface area contributed by atoms with Gasteiger partial charge in [-0.25, -0.2) is 4.79 Å². The fourth-order valence-corrected chi connectivity index (χ4v) is 2.26. The predicted molar refractivity (Wildman–Crippen MR) is 60.7 cm³/mol. The second-order valence-electron chi connectivity index (χ2n) is 2.69. The van der Waals surface area contributed by atoms with Crippen LogP contribution in [0.15, 0.2) is 30.9 Å². The smallest absolute Gasteiger partial charge is 0.336 e. The Hall–Kier alpha value is -1.04. The second-order valence-corrected chi connectivity index (χ2v) is 4.29. The van der Waals surface area contributed by atoms with Crippen molar-refractivity contribution >= 4 is 27.2 Å². The van der Waals surface area contributed by atoms with Crippen LogP contribution in [0.2, 0.25) is 0 Å². The van der Waals surface area contributed by atoms with Crippen molar-refractivity contribution in [1.82, 2.24) is 0 Å². The molecule has 1 aromatic rings. The van der Waals surface area contributed by atoms with E-state index in [0.29, 0.717) is 9.99 Å². The van der Waals surface area contributed by atoms with Crippen molar-refractivity contribution in [3.8, 4) is 0 Å². The van der Waals surface area contributed by atoms with Gasteiger partial charge in [-0.05, 0) is 24.1 Å². The van der Waals surface area contributed by atoms with E-state index in [1.807, 2.05) is 0 Å². The van der Waals surface area contributed by atoms with Crippen LogP contribution in [0.4, 0.5) is 0 Å². The van der Waals surface area contributed by atoms with Crippen LogP contribution in [0.25, 0.3) is 0 Å². The largest absolute Gasteiger partial charge is 0.478 e. The number of rotatable bonds is 4. The second kappa shape index (κ2) is 4.99. The van der Waals surface area contributed by atoms with Crippen molar-refractivity contribution in [2.24, 2.45) is 0 Å². The number of carboxylic acid groups (broad SMARTS) is 1. The normalized spacial score (nSPS) is 9.71. The molecule has 4 heteroatoms. The van der Waals surface area contributed by atoms with Crippen LogP contribution in [0, 0.1) is 3.57 Å². The summed E-state index contributed by atoms with van der Waals surface area (Å²) in [7, 11) is 0. The molecule has 14 heavy (non-hydrogen) atoms. The average molecular weight is 304 g/mol. The van der Waals surface area contributed by atoms with Crippen molar-refractivity contribution in [1.29, 1.82) is 0 Å². The molecule has 1 aromatic carbocycles. The number of hydrogen-bond acceptors (Lipinski definition) is 2. The lowest BCUT2D eigenvalue weighted by molar-refractivity contribution is 0.0695. The van der Waals surface area contributed by atoms with Crippen LogP contribution in [-0.4, -0.2) is 11.1 Å². The first-order valence-corrected chi connectivity index (χ1v) is 5.89. The van der Waals surface area contributed by atoms with Crippen LogP contribution < -0.4 is 0 Å². The monoisotopic (exact) mass is 304 g/mol. The molecule has 0 aliphatic rings. The van der Waals surface area contributed by atoms with Crippen molar-refractivity contribution in [3.63, 3.8) is 0 Å². The maximum absolute atomic E-state index is 10.8. The quantitative estimate of drug-likeness (QED) is 0.687. The molecule has 0 unspecified atom stereocenters. The molecular weight excluding hydrogens is 295 g/mol. The molecule has 3 nitrogen and oxygen atoms in total. The zero-order chi connectivity index (χ0) is 10.6.